The minimum atomic E-state index is -0.362. The maximum atomic E-state index is 11.4. The third-order valence-electron chi connectivity index (χ3n) is 2.81. The van der Waals surface area contributed by atoms with E-state index in [2.05, 4.69) is 9.72 Å². The number of esters is 1. The molecule has 0 radical (unpaired) electrons. The van der Waals surface area contributed by atoms with Gasteiger partial charge in [-0.1, -0.05) is 29.5 Å². The van der Waals surface area contributed by atoms with Crippen molar-refractivity contribution in [2.24, 2.45) is 0 Å². The third-order valence-corrected chi connectivity index (χ3v) is 3.90. The summed E-state index contributed by atoms with van der Waals surface area (Å²) in [6.07, 6.45) is 1.53. The van der Waals surface area contributed by atoms with Gasteiger partial charge < -0.3 is 14.4 Å². The van der Waals surface area contributed by atoms with E-state index in [1.807, 2.05) is 36.2 Å². The van der Waals surface area contributed by atoms with Crippen LogP contribution in [0.2, 0.25) is 0 Å². The molecule has 5 nitrogen and oxygen atoms in total. The maximum absolute atomic E-state index is 11.4. The van der Waals surface area contributed by atoms with Gasteiger partial charge in [0.25, 0.3) is 0 Å². The lowest BCUT2D eigenvalue weighted by Crippen LogP contribution is -2.16. The molecule has 0 aliphatic rings. The summed E-state index contributed by atoms with van der Waals surface area (Å²) in [5.74, 6) is 0.475. The molecule has 0 fully saturated rings. The van der Waals surface area contributed by atoms with Gasteiger partial charge in [0.1, 0.15) is 10.6 Å². The van der Waals surface area contributed by atoms with Crippen molar-refractivity contribution in [3.8, 4) is 5.75 Å². The van der Waals surface area contributed by atoms with Crippen LogP contribution in [-0.4, -0.2) is 32.2 Å². The van der Waals surface area contributed by atoms with Gasteiger partial charge in [0.2, 0.25) is 0 Å². The number of nitrogens with zero attached hydrogens (tertiary/aromatic N) is 2. The molecule has 0 amide bonds. The molecule has 2 aromatic rings. The predicted octanol–water partition coefficient (Wildman–Crippen LogP) is 2.57. The van der Waals surface area contributed by atoms with Crippen LogP contribution in [0.25, 0.3) is 0 Å². The molecule has 0 spiro atoms. The van der Waals surface area contributed by atoms with Crippen LogP contribution in [0.3, 0.4) is 0 Å². The Labute approximate surface area is 121 Å². The van der Waals surface area contributed by atoms with Gasteiger partial charge in [0, 0.05) is 19.2 Å². The second kappa shape index (κ2) is 6.38. The number of rotatable bonds is 5. The molecule has 0 saturated heterocycles. The van der Waals surface area contributed by atoms with E-state index in [1.165, 1.54) is 24.6 Å². The zero-order chi connectivity index (χ0) is 14.5. The van der Waals surface area contributed by atoms with Gasteiger partial charge in [-0.15, -0.1) is 0 Å². The summed E-state index contributed by atoms with van der Waals surface area (Å²) in [5.41, 5.74) is 1.06. The highest BCUT2D eigenvalue weighted by atomic mass is 32.1. The molecule has 0 aliphatic heterocycles. The number of carbonyl (C=O) groups is 1. The fourth-order valence-electron chi connectivity index (χ4n) is 1.79. The van der Waals surface area contributed by atoms with Crippen molar-refractivity contribution in [2.45, 2.75) is 6.54 Å². The Morgan fingerprint density at radius 1 is 1.35 bits per heavy atom. The van der Waals surface area contributed by atoms with Crippen molar-refractivity contribution in [1.29, 1.82) is 0 Å². The molecule has 20 heavy (non-hydrogen) atoms. The number of hydrogen-bond donors (Lipinski definition) is 0. The van der Waals surface area contributed by atoms with E-state index in [0.29, 0.717) is 11.4 Å². The van der Waals surface area contributed by atoms with Crippen molar-refractivity contribution >= 4 is 22.4 Å². The highest BCUT2D eigenvalue weighted by molar-refractivity contribution is 7.17. The second-order valence-corrected chi connectivity index (χ2v) is 5.18. The second-order valence-electron chi connectivity index (χ2n) is 4.17. The number of hydrogen-bond acceptors (Lipinski definition) is 6. The lowest BCUT2D eigenvalue weighted by molar-refractivity contribution is 0.0606. The van der Waals surface area contributed by atoms with E-state index in [-0.39, 0.29) is 5.97 Å². The summed E-state index contributed by atoms with van der Waals surface area (Å²) < 4.78 is 10.0. The molecule has 1 aromatic carbocycles. The quantitative estimate of drug-likeness (QED) is 0.793. The number of benzene rings is 1. The Balaban J connectivity index is 2.13. The molecular weight excluding hydrogens is 276 g/mol. The van der Waals surface area contributed by atoms with Crippen LogP contribution in [-0.2, 0) is 11.3 Å². The summed E-state index contributed by atoms with van der Waals surface area (Å²) in [4.78, 5) is 18.1. The number of aromatic nitrogens is 1. The highest BCUT2D eigenvalue weighted by Crippen LogP contribution is 2.26. The zero-order valence-corrected chi connectivity index (χ0v) is 12.4. The lowest BCUT2D eigenvalue weighted by Gasteiger charge is -2.17. The van der Waals surface area contributed by atoms with Gasteiger partial charge in [0.05, 0.1) is 20.4 Å². The van der Waals surface area contributed by atoms with Crippen LogP contribution >= 0.6 is 11.3 Å². The normalized spacial score (nSPS) is 10.2. The zero-order valence-electron chi connectivity index (χ0n) is 11.6. The van der Waals surface area contributed by atoms with Crippen molar-refractivity contribution in [3.63, 3.8) is 0 Å². The van der Waals surface area contributed by atoms with Crippen LogP contribution in [0.5, 0.6) is 5.75 Å². The van der Waals surface area contributed by atoms with E-state index in [4.69, 9.17) is 4.74 Å². The molecule has 0 aliphatic carbocycles. The van der Waals surface area contributed by atoms with Crippen LogP contribution < -0.4 is 9.64 Å². The fraction of sp³-hybridized carbons (Fsp3) is 0.286. The predicted molar refractivity (Wildman–Crippen MR) is 78.6 cm³/mol. The average molecular weight is 292 g/mol. The molecule has 1 aromatic heterocycles. The Morgan fingerprint density at radius 2 is 2.10 bits per heavy atom. The van der Waals surface area contributed by atoms with Gasteiger partial charge in [0.15, 0.2) is 5.13 Å². The van der Waals surface area contributed by atoms with Crippen LogP contribution in [0.4, 0.5) is 5.13 Å². The number of methoxy groups -OCH3 is 2. The lowest BCUT2D eigenvalue weighted by atomic mass is 10.2. The Hall–Kier alpha value is -2.08. The Bertz CT molecular complexity index is 598. The largest absolute Gasteiger partial charge is 0.496 e. The first kappa shape index (κ1) is 14.3. The highest BCUT2D eigenvalue weighted by Gasteiger charge is 2.14. The van der Waals surface area contributed by atoms with E-state index in [0.717, 1.165) is 16.4 Å². The first-order valence-corrected chi connectivity index (χ1v) is 6.84. The molecule has 106 valence electrons. The smallest absolute Gasteiger partial charge is 0.349 e. The molecule has 0 unspecified atom stereocenters. The van der Waals surface area contributed by atoms with E-state index in [1.54, 1.807) is 7.11 Å². The van der Waals surface area contributed by atoms with Crippen molar-refractivity contribution in [3.05, 3.63) is 40.9 Å². The monoisotopic (exact) mass is 292 g/mol. The molecule has 0 saturated carbocycles. The molecular formula is C14H16N2O3S. The van der Waals surface area contributed by atoms with Gasteiger partial charge >= 0.3 is 5.97 Å². The summed E-state index contributed by atoms with van der Waals surface area (Å²) in [6, 6.07) is 7.82. The van der Waals surface area contributed by atoms with Crippen molar-refractivity contribution in [2.75, 3.05) is 26.2 Å². The van der Waals surface area contributed by atoms with Crippen LogP contribution in [0.1, 0.15) is 15.2 Å². The van der Waals surface area contributed by atoms with E-state index >= 15 is 0 Å². The SMILES string of the molecule is COC(=O)c1cnc(N(C)Cc2ccccc2OC)s1. The summed E-state index contributed by atoms with van der Waals surface area (Å²) in [7, 11) is 4.93. The van der Waals surface area contributed by atoms with E-state index in [9.17, 15) is 4.79 Å². The maximum Gasteiger partial charge on any atom is 0.349 e. The summed E-state index contributed by atoms with van der Waals surface area (Å²) in [5, 5.41) is 0.760. The summed E-state index contributed by atoms with van der Waals surface area (Å²) in [6.45, 7) is 0.651. The molecule has 0 bridgehead atoms. The minimum Gasteiger partial charge on any atom is -0.496 e. The minimum absolute atomic E-state index is 0.362. The van der Waals surface area contributed by atoms with Crippen LogP contribution in [0.15, 0.2) is 30.5 Å². The molecule has 6 heteroatoms. The standard InChI is InChI=1S/C14H16N2O3S/c1-16(9-10-6-4-5-7-11(10)18-2)14-15-8-12(20-14)13(17)19-3/h4-8H,9H2,1-3H3. The molecule has 0 atom stereocenters. The Kier molecular flexibility index (Phi) is 4.57. The topological polar surface area (TPSA) is 51.7 Å². The Morgan fingerprint density at radius 3 is 2.80 bits per heavy atom. The van der Waals surface area contributed by atoms with E-state index < -0.39 is 0 Å². The van der Waals surface area contributed by atoms with Crippen molar-refractivity contribution < 1.29 is 14.3 Å². The third kappa shape index (κ3) is 3.08. The number of para-hydroxylation sites is 1. The van der Waals surface area contributed by atoms with Gasteiger partial charge in [-0.25, -0.2) is 9.78 Å². The van der Waals surface area contributed by atoms with Gasteiger partial charge in [-0.05, 0) is 6.07 Å². The number of anilines is 1. The number of carbonyl (C=O) groups excluding carboxylic acids is 1. The first-order valence-electron chi connectivity index (χ1n) is 6.03. The molecule has 1 heterocycles. The molecule has 0 N–H and O–H groups in total. The first-order chi connectivity index (χ1) is 9.65. The number of thiazole rings is 1. The molecule has 2 rings (SSSR count). The van der Waals surface area contributed by atoms with Gasteiger partial charge in [-0.2, -0.15) is 0 Å². The number of ether oxygens (including phenoxy) is 2. The van der Waals surface area contributed by atoms with Crippen molar-refractivity contribution in [1.82, 2.24) is 4.98 Å². The fourth-order valence-corrected chi connectivity index (χ4v) is 2.59. The average Bonchev–Trinajstić information content (AvgIpc) is 2.97. The summed E-state index contributed by atoms with van der Waals surface area (Å²) >= 11 is 1.31. The van der Waals surface area contributed by atoms with Crippen LogP contribution in [0, 0.1) is 0 Å². The van der Waals surface area contributed by atoms with Gasteiger partial charge in [-0.3, -0.25) is 0 Å².